The van der Waals surface area contributed by atoms with Gasteiger partial charge in [0.05, 0.1) is 6.04 Å². The van der Waals surface area contributed by atoms with Gasteiger partial charge in [0.2, 0.25) is 0 Å². The van der Waals surface area contributed by atoms with Crippen LogP contribution in [0.2, 0.25) is 0 Å². The first-order chi connectivity index (χ1) is 12.8. The molecule has 0 bridgehead atoms. The Morgan fingerprint density at radius 2 is 1.81 bits per heavy atom. The van der Waals surface area contributed by atoms with Crippen LogP contribution >= 0.6 is 0 Å². The van der Waals surface area contributed by atoms with Crippen LogP contribution in [0.1, 0.15) is 38.2 Å². The van der Waals surface area contributed by atoms with Gasteiger partial charge in [-0.1, -0.05) is 12.2 Å². The standard InChI is InChI=1S/C19H23F5N2O/c1-11(18(21)22)25-13-4-6-14(7-5-13)26-8-2-3-12-9-15(20)17(10-16(12)26)27-19(23)24/h2-3,9-11,13-14,18-19,25H,4-8H2,1H3. The zero-order valence-corrected chi connectivity index (χ0v) is 15.0. The third-order valence-electron chi connectivity index (χ3n) is 5.22. The smallest absolute Gasteiger partial charge is 0.387 e. The highest BCUT2D eigenvalue weighted by molar-refractivity contribution is 5.73. The molecule has 0 radical (unpaired) electrons. The van der Waals surface area contributed by atoms with Crippen LogP contribution in [-0.4, -0.2) is 37.7 Å². The summed E-state index contributed by atoms with van der Waals surface area (Å²) in [5, 5.41) is 2.96. The van der Waals surface area contributed by atoms with E-state index in [0.29, 0.717) is 17.8 Å². The summed E-state index contributed by atoms with van der Waals surface area (Å²) in [5.41, 5.74) is 1.28. The normalized spacial score (nSPS) is 23.6. The van der Waals surface area contributed by atoms with Crippen LogP contribution in [0, 0.1) is 5.82 Å². The highest BCUT2D eigenvalue weighted by atomic mass is 19.3. The fourth-order valence-electron chi connectivity index (χ4n) is 3.86. The molecule has 1 aromatic rings. The van der Waals surface area contributed by atoms with Crippen molar-refractivity contribution in [3.8, 4) is 5.75 Å². The molecule has 0 aromatic heterocycles. The molecule has 3 rings (SSSR count). The molecular weight excluding hydrogens is 367 g/mol. The SMILES string of the molecule is CC(NC1CCC(N2CC=Cc3cc(F)c(OC(F)F)cc32)CC1)C(F)F. The largest absolute Gasteiger partial charge is 0.432 e. The number of alkyl halides is 4. The lowest BCUT2D eigenvalue weighted by molar-refractivity contribution is -0.0521. The molecule has 1 unspecified atom stereocenters. The van der Waals surface area contributed by atoms with E-state index in [-0.39, 0.29) is 12.1 Å². The molecule has 1 N–H and O–H groups in total. The van der Waals surface area contributed by atoms with Crippen molar-refractivity contribution in [3.63, 3.8) is 0 Å². The lowest BCUT2D eigenvalue weighted by Crippen LogP contribution is -2.47. The third-order valence-corrected chi connectivity index (χ3v) is 5.22. The highest BCUT2D eigenvalue weighted by Crippen LogP contribution is 2.37. The molecule has 0 amide bonds. The van der Waals surface area contributed by atoms with E-state index in [1.54, 1.807) is 6.08 Å². The third kappa shape index (κ3) is 4.72. The van der Waals surface area contributed by atoms with Gasteiger partial charge in [0.15, 0.2) is 11.6 Å². The summed E-state index contributed by atoms with van der Waals surface area (Å²) in [6.07, 6.45) is 4.33. The van der Waals surface area contributed by atoms with E-state index in [9.17, 15) is 22.0 Å². The minimum absolute atomic E-state index is 0.0380. The van der Waals surface area contributed by atoms with E-state index in [2.05, 4.69) is 15.0 Å². The van der Waals surface area contributed by atoms with Gasteiger partial charge in [0, 0.05) is 35.9 Å². The number of anilines is 1. The van der Waals surface area contributed by atoms with Crippen molar-refractivity contribution >= 4 is 11.8 Å². The number of nitrogens with zero attached hydrogens (tertiary/aromatic N) is 1. The molecule has 1 aliphatic carbocycles. The van der Waals surface area contributed by atoms with E-state index in [4.69, 9.17) is 0 Å². The zero-order chi connectivity index (χ0) is 19.6. The fourth-order valence-corrected chi connectivity index (χ4v) is 3.86. The van der Waals surface area contributed by atoms with Crippen LogP contribution in [0.25, 0.3) is 6.08 Å². The van der Waals surface area contributed by atoms with Crippen molar-refractivity contribution in [3.05, 3.63) is 29.6 Å². The maximum absolute atomic E-state index is 14.0. The second kappa shape index (κ2) is 8.46. The Kier molecular flexibility index (Phi) is 6.24. The van der Waals surface area contributed by atoms with Crippen molar-refractivity contribution in [2.45, 2.75) is 63.8 Å². The van der Waals surface area contributed by atoms with Crippen molar-refractivity contribution in [1.29, 1.82) is 0 Å². The second-order valence-corrected chi connectivity index (χ2v) is 7.07. The summed E-state index contributed by atoms with van der Waals surface area (Å²) in [4.78, 5) is 2.06. The highest BCUT2D eigenvalue weighted by Gasteiger charge is 2.30. The number of hydrogen-bond donors (Lipinski definition) is 1. The van der Waals surface area contributed by atoms with Crippen LogP contribution in [0.5, 0.6) is 5.75 Å². The number of rotatable bonds is 6. The Balaban J connectivity index is 1.70. The molecular formula is C19H23F5N2O. The van der Waals surface area contributed by atoms with Gasteiger partial charge in [0.25, 0.3) is 6.43 Å². The van der Waals surface area contributed by atoms with Crippen molar-refractivity contribution < 1.29 is 26.7 Å². The predicted molar refractivity (Wildman–Crippen MR) is 94.1 cm³/mol. The predicted octanol–water partition coefficient (Wildman–Crippen LogP) is 4.81. The lowest BCUT2D eigenvalue weighted by Gasteiger charge is -2.40. The minimum atomic E-state index is -3.09. The van der Waals surface area contributed by atoms with Gasteiger partial charge in [-0.25, -0.2) is 13.2 Å². The Labute approximate surface area is 155 Å². The number of nitrogens with one attached hydrogen (secondary N) is 1. The van der Waals surface area contributed by atoms with Crippen LogP contribution in [-0.2, 0) is 0 Å². The number of halogens is 5. The minimum Gasteiger partial charge on any atom is -0.432 e. The summed E-state index contributed by atoms with van der Waals surface area (Å²) in [6, 6.07) is 1.85. The van der Waals surface area contributed by atoms with Gasteiger partial charge in [-0.3, -0.25) is 0 Å². The monoisotopic (exact) mass is 390 g/mol. The topological polar surface area (TPSA) is 24.5 Å². The lowest BCUT2D eigenvalue weighted by atomic mass is 9.88. The summed E-state index contributed by atoms with van der Waals surface area (Å²) in [6.45, 7) is -1.03. The van der Waals surface area contributed by atoms with E-state index in [0.717, 1.165) is 25.7 Å². The maximum Gasteiger partial charge on any atom is 0.387 e. The first kappa shape index (κ1) is 19.9. The van der Waals surface area contributed by atoms with Crippen LogP contribution in [0.15, 0.2) is 18.2 Å². The fraction of sp³-hybridized carbons (Fsp3) is 0.579. The van der Waals surface area contributed by atoms with Gasteiger partial charge in [-0.15, -0.1) is 0 Å². The average Bonchev–Trinajstić information content (AvgIpc) is 2.62. The molecule has 1 fully saturated rings. The molecule has 2 aliphatic rings. The Bertz CT molecular complexity index is 674. The van der Waals surface area contributed by atoms with Gasteiger partial charge in [-0.2, -0.15) is 8.78 Å². The first-order valence-corrected chi connectivity index (χ1v) is 9.11. The van der Waals surface area contributed by atoms with E-state index in [1.165, 1.54) is 19.1 Å². The molecule has 150 valence electrons. The summed E-state index contributed by atoms with van der Waals surface area (Å²) < 4.78 is 68.7. The van der Waals surface area contributed by atoms with Crippen LogP contribution in [0.4, 0.5) is 27.6 Å². The molecule has 3 nitrogen and oxygen atoms in total. The van der Waals surface area contributed by atoms with E-state index in [1.807, 2.05) is 6.08 Å². The molecule has 8 heteroatoms. The number of hydrogen-bond acceptors (Lipinski definition) is 3. The molecule has 1 aliphatic heterocycles. The number of ether oxygens (including phenoxy) is 1. The summed E-state index contributed by atoms with van der Waals surface area (Å²) in [5.74, 6) is -1.29. The molecule has 1 atom stereocenters. The molecule has 1 saturated carbocycles. The van der Waals surface area contributed by atoms with Crippen LogP contribution < -0.4 is 15.0 Å². The Morgan fingerprint density at radius 1 is 1.11 bits per heavy atom. The molecule has 0 spiro atoms. The average molecular weight is 390 g/mol. The van der Waals surface area contributed by atoms with Gasteiger partial charge in [-0.05, 0) is 38.7 Å². The van der Waals surface area contributed by atoms with Crippen molar-refractivity contribution in [2.24, 2.45) is 0 Å². The van der Waals surface area contributed by atoms with Gasteiger partial charge < -0.3 is 15.0 Å². The second-order valence-electron chi connectivity index (χ2n) is 7.07. The van der Waals surface area contributed by atoms with Crippen molar-refractivity contribution in [2.75, 3.05) is 11.4 Å². The van der Waals surface area contributed by atoms with Crippen LogP contribution in [0.3, 0.4) is 0 Å². The number of fused-ring (bicyclic) bond motifs is 1. The molecule has 1 heterocycles. The zero-order valence-electron chi connectivity index (χ0n) is 15.0. The van der Waals surface area contributed by atoms with Gasteiger partial charge >= 0.3 is 6.61 Å². The van der Waals surface area contributed by atoms with Crippen molar-refractivity contribution in [1.82, 2.24) is 5.32 Å². The molecule has 1 aromatic carbocycles. The maximum atomic E-state index is 14.0. The molecule has 27 heavy (non-hydrogen) atoms. The first-order valence-electron chi connectivity index (χ1n) is 9.11. The summed E-state index contributed by atoms with van der Waals surface area (Å²) in [7, 11) is 0. The Morgan fingerprint density at radius 3 is 2.44 bits per heavy atom. The Hall–Kier alpha value is -1.83. The quantitative estimate of drug-likeness (QED) is 0.706. The number of benzene rings is 1. The van der Waals surface area contributed by atoms with Gasteiger partial charge in [0.1, 0.15) is 0 Å². The van der Waals surface area contributed by atoms with E-state index < -0.39 is 30.6 Å². The summed E-state index contributed by atoms with van der Waals surface area (Å²) >= 11 is 0. The van der Waals surface area contributed by atoms with E-state index >= 15 is 0 Å². The molecule has 0 saturated heterocycles.